The molecule has 0 radical (unpaired) electrons. The Morgan fingerprint density at radius 1 is 1.41 bits per heavy atom. The van der Waals surface area contributed by atoms with Gasteiger partial charge in [-0.2, -0.15) is 0 Å². The second-order valence-electron chi connectivity index (χ2n) is 4.11. The third-order valence-corrected chi connectivity index (χ3v) is 2.46. The first-order valence-corrected chi connectivity index (χ1v) is 5.51. The van der Waals surface area contributed by atoms with E-state index in [0.717, 1.165) is 11.3 Å². The number of carbonyl (C=O) groups is 1. The van der Waals surface area contributed by atoms with E-state index in [0.29, 0.717) is 5.92 Å². The van der Waals surface area contributed by atoms with Gasteiger partial charge in [0.25, 0.3) is 0 Å². The Morgan fingerprint density at radius 3 is 2.65 bits per heavy atom. The molecule has 0 heterocycles. The first-order valence-electron chi connectivity index (χ1n) is 5.51. The molecule has 0 unspecified atom stereocenters. The minimum Gasteiger partial charge on any atom is -0.496 e. The summed E-state index contributed by atoms with van der Waals surface area (Å²) in [6.07, 6.45) is 0. The molecule has 0 aromatic heterocycles. The van der Waals surface area contributed by atoms with Crippen molar-refractivity contribution in [1.82, 2.24) is 0 Å². The number of rotatable bonds is 6. The maximum absolute atomic E-state index is 10.3. The van der Waals surface area contributed by atoms with Crippen LogP contribution in [0.3, 0.4) is 0 Å². The summed E-state index contributed by atoms with van der Waals surface area (Å²) in [5.41, 5.74) is 2.04. The third-order valence-electron chi connectivity index (χ3n) is 2.46. The van der Waals surface area contributed by atoms with E-state index in [9.17, 15) is 4.79 Å². The van der Waals surface area contributed by atoms with Crippen molar-refractivity contribution >= 4 is 5.97 Å². The number of ether oxygens (including phenoxy) is 2. The van der Waals surface area contributed by atoms with Crippen LogP contribution in [0.25, 0.3) is 0 Å². The quantitative estimate of drug-likeness (QED) is 0.827. The van der Waals surface area contributed by atoms with E-state index in [4.69, 9.17) is 14.6 Å². The lowest BCUT2D eigenvalue weighted by Crippen LogP contribution is -2.07. The number of methoxy groups -OCH3 is 1. The molecule has 1 aromatic rings. The van der Waals surface area contributed by atoms with E-state index in [-0.39, 0.29) is 13.2 Å². The van der Waals surface area contributed by atoms with Gasteiger partial charge in [0, 0.05) is 5.56 Å². The molecule has 1 aromatic carbocycles. The fraction of sp³-hybridized carbons (Fsp3) is 0.462. The average Bonchev–Trinajstić information content (AvgIpc) is 2.28. The van der Waals surface area contributed by atoms with Gasteiger partial charge in [-0.25, -0.2) is 4.79 Å². The molecule has 17 heavy (non-hydrogen) atoms. The van der Waals surface area contributed by atoms with Crippen molar-refractivity contribution in [2.75, 3.05) is 13.7 Å². The standard InChI is InChI=1S/C13H18O4/c1-9(2)10-4-5-11(12(6-10)16-3)7-17-8-13(14)15/h4-6,9H,7-8H2,1-3H3,(H,14,15). The highest BCUT2D eigenvalue weighted by Crippen LogP contribution is 2.25. The zero-order valence-corrected chi connectivity index (χ0v) is 10.4. The summed E-state index contributed by atoms with van der Waals surface area (Å²) >= 11 is 0. The van der Waals surface area contributed by atoms with E-state index in [2.05, 4.69) is 13.8 Å². The highest BCUT2D eigenvalue weighted by molar-refractivity contribution is 5.68. The first-order chi connectivity index (χ1) is 8.04. The fourth-order valence-corrected chi connectivity index (χ4v) is 1.49. The summed E-state index contributed by atoms with van der Waals surface area (Å²) in [7, 11) is 1.60. The van der Waals surface area contributed by atoms with Crippen molar-refractivity contribution in [2.45, 2.75) is 26.4 Å². The maximum Gasteiger partial charge on any atom is 0.329 e. The largest absolute Gasteiger partial charge is 0.496 e. The Hall–Kier alpha value is -1.55. The van der Waals surface area contributed by atoms with Crippen LogP contribution in [-0.4, -0.2) is 24.8 Å². The molecule has 94 valence electrons. The van der Waals surface area contributed by atoms with Gasteiger partial charge in [-0.1, -0.05) is 26.0 Å². The normalized spacial score (nSPS) is 10.6. The third kappa shape index (κ3) is 4.07. The van der Waals surface area contributed by atoms with Crippen molar-refractivity contribution in [2.24, 2.45) is 0 Å². The fourth-order valence-electron chi connectivity index (χ4n) is 1.49. The molecule has 0 atom stereocenters. The van der Waals surface area contributed by atoms with Crippen molar-refractivity contribution < 1.29 is 19.4 Å². The van der Waals surface area contributed by atoms with Crippen LogP contribution in [0.1, 0.15) is 30.9 Å². The number of benzene rings is 1. The maximum atomic E-state index is 10.3. The van der Waals surface area contributed by atoms with Gasteiger partial charge in [-0.05, 0) is 17.5 Å². The van der Waals surface area contributed by atoms with Gasteiger partial charge in [-0.3, -0.25) is 0 Å². The van der Waals surface area contributed by atoms with E-state index >= 15 is 0 Å². The molecule has 0 bridgehead atoms. The Bertz CT molecular complexity index is 385. The lowest BCUT2D eigenvalue weighted by Gasteiger charge is -2.12. The van der Waals surface area contributed by atoms with Gasteiger partial charge in [0.05, 0.1) is 13.7 Å². The minimum absolute atomic E-state index is 0.244. The topological polar surface area (TPSA) is 55.8 Å². The van der Waals surface area contributed by atoms with Crippen LogP contribution in [0.2, 0.25) is 0 Å². The van der Waals surface area contributed by atoms with Gasteiger partial charge in [0.2, 0.25) is 0 Å². The van der Waals surface area contributed by atoms with E-state index in [1.165, 1.54) is 5.56 Å². The van der Waals surface area contributed by atoms with Crippen LogP contribution < -0.4 is 4.74 Å². The molecule has 1 rings (SSSR count). The predicted octanol–water partition coefficient (Wildman–Crippen LogP) is 2.42. The molecule has 0 aliphatic carbocycles. The second kappa shape index (κ2) is 6.25. The van der Waals surface area contributed by atoms with E-state index in [1.54, 1.807) is 7.11 Å². The second-order valence-corrected chi connectivity index (χ2v) is 4.11. The lowest BCUT2D eigenvalue weighted by atomic mass is 10.0. The molecular formula is C13H18O4. The highest BCUT2D eigenvalue weighted by Gasteiger charge is 2.07. The van der Waals surface area contributed by atoms with Crippen molar-refractivity contribution in [3.8, 4) is 5.75 Å². The van der Waals surface area contributed by atoms with Crippen LogP contribution in [-0.2, 0) is 16.1 Å². The van der Waals surface area contributed by atoms with Gasteiger partial charge in [0.15, 0.2) is 0 Å². The molecule has 0 aliphatic heterocycles. The summed E-state index contributed by atoms with van der Waals surface area (Å²) in [5.74, 6) is 0.197. The van der Waals surface area contributed by atoms with Crippen LogP contribution in [0.15, 0.2) is 18.2 Å². The van der Waals surface area contributed by atoms with Gasteiger partial charge in [0.1, 0.15) is 12.4 Å². The number of carboxylic acids is 1. The summed E-state index contributed by atoms with van der Waals surface area (Å²) < 4.78 is 10.3. The number of hydrogen-bond donors (Lipinski definition) is 1. The molecule has 4 heteroatoms. The van der Waals surface area contributed by atoms with E-state index in [1.807, 2.05) is 18.2 Å². The average molecular weight is 238 g/mol. The Kier molecular flexibility index (Phi) is 4.97. The van der Waals surface area contributed by atoms with Crippen LogP contribution in [0.5, 0.6) is 5.75 Å². The van der Waals surface area contributed by atoms with Gasteiger partial charge in [-0.15, -0.1) is 0 Å². The van der Waals surface area contributed by atoms with Crippen molar-refractivity contribution in [1.29, 1.82) is 0 Å². The molecule has 0 saturated heterocycles. The monoisotopic (exact) mass is 238 g/mol. The molecule has 0 fully saturated rings. The highest BCUT2D eigenvalue weighted by atomic mass is 16.5. The van der Waals surface area contributed by atoms with Crippen molar-refractivity contribution in [3.63, 3.8) is 0 Å². The van der Waals surface area contributed by atoms with Gasteiger partial charge >= 0.3 is 5.97 Å². The molecule has 0 aliphatic rings. The zero-order chi connectivity index (χ0) is 12.8. The number of hydrogen-bond acceptors (Lipinski definition) is 3. The molecule has 0 amide bonds. The molecular weight excluding hydrogens is 220 g/mol. The summed E-state index contributed by atoms with van der Waals surface area (Å²) in [6, 6.07) is 5.88. The van der Waals surface area contributed by atoms with Crippen LogP contribution in [0.4, 0.5) is 0 Å². The molecule has 4 nitrogen and oxygen atoms in total. The van der Waals surface area contributed by atoms with Crippen molar-refractivity contribution in [3.05, 3.63) is 29.3 Å². The number of carboxylic acid groups (broad SMARTS) is 1. The summed E-state index contributed by atoms with van der Waals surface area (Å²) in [4.78, 5) is 10.3. The summed E-state index contributed by atoms with van der Waals surface area (Å²) in [5, 5.41) is 8.48. The SMILES string of the molecule is COc1cc(C(C)C)ccc1COCC(=O)O. The predicted molar refractivity (Wildman–Crippen MR) is 64.4 cm³/mol. The van der Waals surface area contributed by atoms with E-state index < -0.39 is 5.97 Å². The Labute approximate surface area is 101 Å². The first kappa shape index (κ1) is 13.5. The summed E-state index contributed by atoms with van der Waals surface area (Å²) in [6.45, 7) is 4.16. The molecule has 1 N–H and O–H groups in total. The zero-order valence-electron chi connectivity index (χ0n) is 10.4. The smallest absolute Gasteiger partial charge is 0.329 e. The Balaban J connectivity index is 2.74. The lowest BCUT2D eigenvalue weighted by molar-refractivity contribution is -0.142. The van der Waals surface area contributed by atoms with Crippen LogP contribution >= 0.6 is 0 Å². The number of aliphatic carboxylic acids is 1. The minimum atomic E-state index is -0.970. The van der Waals surface area contributed by atoms with Gasteiger partial charge < -0.3 is 14.6 Å². The molecule has 0 saturated carbocycles. The molecule has 0 spiro atoms. The Morgan fingerprint density at radius 2 is 2.12 bits per heavy atom. The van der Waals surface area contributed by atoms with Crippen LogP contribution in [0, 0.1) is 0 Å².